The van der Waals surface area contributed by atoms with Crippen molar-refractivity contribution in [2.24, 2.45) is 0 Å². The zero-order valence-corrected chi connectivity index (χ0v) is 16.0. The van der Waals surface area contributed by atoms with Crippen molar-refractivity contribution in [3.05, 3.63) is 76.6 Å². The van der Waals surface area contributed by atoms with Crippen molar-refractivity contribution in [1.29, 1.82) is 0 Å². The number of nitrogen functional groups attached to an aromatic ring is 1. The first-order valence-electron chi connectivity index (χ1n) is 9.32. The molecule has 3 N–H and O–H groups in total. The number of aryl methyl sites for hydroxylation is 2. The first-order chi connectivity index (χ1) is 13.5. The van der Waals surface area contributed by atoms with Crippen LogP contribution in [0.25, 0.3) is 17.3 Å². The third kappa shape index (κ3) is 3.51. The molecular weight excluding hydrogens is 348 g/mol. The minimum atomic E-state index is -0.192. The molecule has 0 bridgehead atoms. The largest absolute Gasteiger partial charge is 0.399 e. The number of nitrogens with zero attached hydrogens (tertiary/aromatic N) is 2. The van der Waals surface area contributed by atoms with Gasteiger partial charge in [0.25, 0.3) is 5.91 Å². The predicted octanol–water partition coefficient (Wildman–Crippen LogP) is 4.50. The summed E-state index contributed by atoms with van der Waals surface area (Å²) in [4.78, 5) is 22.3. The molecule has 0 saturated carbocycles. The van der Waals surface area contributed by atoms with Crippen LogP contribution < -0.4 is 11.1 Å². The third-order valence-corrected chi connectivity index (χ3v) is 4.70. The summed E-state index contributed by atoms with van der Waals surface area (Å²) in [5.74, 6) is 0.301. The van der Waals surface area contributed by atoms with Crippen molar-refractivity contribution in [2.45, 2.75) is 26.7 Å². The molecule has 1 aromatic heterocycles. The maximum absolute atomic E-state index is 12.6. The van der Waals surface area contributed by atoms with E-state index in [1.807, 2.05) is 56.3 Å². The Labute approximate surface area is 164 Å². The fraction of sp³-hybridized carbons (Fsp3) is 0.174. The molecule has 0 radical (unpaired) electrons. The van der Waals surface area contributed by atoms with Gasteiger partial charge in [0.05, 0.1) is 11.4 Å². The summed E-state index contributed by atoms with van der Waals surface area (Å²) in [6.45, 7) is 4.00. The molecule has 3 aromatic rings. The number of anilines is 2. The van der Waals surface area contributed by atoms with Gasteiger partial charge in [0.15, 0.2) is 5.82 Å². The van der Waals surface area contributed by atoms with Crippen LogP contribution in [0.15, 0.2) is 54.1 Å². The molecule has 0 fully saturated rings. The van der Waals surface area contributed by atoms with E-state index in [0.29, 0.717) is 17.1 Å². The lowest BCUT2D eigenvalue weighted by Crippen LogP contribution is -2.17. The fourth-order valence-electron chi connectivity index (χ4n) is 3.41. The number of hydrogen-bond donors (Lipinski definition) is 2. The number of carbonyl (C=O) groups excluding carboxylic acids is 1. The minimum absolute atomic E-state index is 0.192. The summed E-state index contributed by atoms with van der Waals surface area (Å²) in [5, 5.41) is 2.94. The molecule has 28 heavy (non-hydrogen) atoms. The van der Waals surface area contributed by atoms with Gasteiger partial charge in [-0.1, -0.05) is 29.8 Å². The van der Waals surface area contributed by atoms with E-state index in [9.17, 15) is 4.79 Å². The van der Waals surface area contributed by atoms with Crippen molar-refractivity contribution in [2.75, 3.05) is 11.1 Å². The SMILES string of the molecule is CC(C)=Cc1nc2c(nc1NC(=O)c1ccccc1)CCc1cc(N)ccc1-2. The lowest BCUT2D eigenvalue weighted by molar-refractivity contribution is 0.102. The lowest BCUT2D eigenvalue weighted by Gasteiger charge is -2.20. The van der Waals surface area contributed by atoms with Gasteiger partial charge in [-0.25, -0.2) is 9.97 Å². The molecule has 0 spiro atoms. The molecule has 4 rings (SSSR count). The Morgan fingerprint density at radius 1 is 1.07 bits per heavy atom. The van der Waals surface area contributed by atoms with Crippen LogP contribution in [0.4, 0.5) is 11.5 Å². The molecular formula is C23H22N4O. The molecule has 1 amide bonds. The summed E-state index contributed by atoms with van der Waals surface area (Å²) >= 11 is 0. The number of nitrogens with two attached hydrogens (primary N) is 1. The summed E-state index contributed by atoms with van der Waals surface area (Å²) in [5.41, 5.74) is 13.0. The maximum atomic E-state index is 12.6. The van der Waals surface area contributed by atoms with Gasteiger partial charge in [0, 0.05) is 16.8 Å². The van der Waals surface area contributed by atoms with Crippen LogP contribution in [0.5, 0.6) is 0 Å². The molecule has 1 aliphatic carbocycles. The average molecular weight is 370 g/mol. The Kier molecular flexibility index (Phi) is 4.65. The molecule has 140 valence electrons. The van der Waals surface area contributed by atoms with E-state index in [0.717, 1.165) is 41.1 Å². The third-order valence-electron chi connectivity index (χ3n) is 4.70. The summed E-state index contributed by atoms with van der Waals surface area (Å²) in [7, 11) is 0. The van der Waals surface area contributed by atoms with E-state index in [1.54, 1.807) is 12.1 Å². The second kappa shape index (κ2) is 7.27. The van der Waals surface area contributed by atoms with Crippen LogP contribution in [0.3, 0.4) is 0 Å². The van der Waals surface area contributed by atoms with Crippen molar-refractivity contribution in [3.63, 3.8) is 0 Å². The van der Waals surface area contributed by atoms with Crippen molar-refractivity contribution >= 4 is 23.5 Å². The number of amides is 1. The average Bonchev–Trinajstić information content (AvgIpc) is 2.68. The van der Waals surface area contributed by atoms with Gasteiger partial charge in [-0.15, -0.1) is 0 Å². The smallest absolute Gasteiger partial charge is 0.256 e. The van der Waals surface area contributed by atoms with Crippen molar-refractivity contribution < 1.29 is 4.79 Å². The highest BCUT2D eigenvalue weighted by Crippen LogP contribution is 2.34. The normalized spacial score (nSPS) is 11.9. The number of nitrogens with one attached hydrogen (secondary N) is 1. The van der Waals surface area contributed by atoms with E-state index in [2.05, 4.69) is 5.32 Å². The first-order valence-corrected chi connectivity index (χ1v) is 9.32. The number of rotatable bonds is 3. The molecule has 0 saturated heterocycles. The number of benzene rings is 2. The second-order valence-corrected chi connectivity index (χ2v) is 7.21. The van der Waals surface area contributed by atoms with E-state index in [1.165, 1.54) is 5.56 Å². The second-order valence-electron chi connectivity index (χ2n) is 7.21. The van der Waals surface area contributed by atoms with Gasteiger partial charge in [0.1, 0.15) is 5.69 Å². The number of hydrogen-bond acceptors (Lipinski definition) is 4. The van der Waals surface area contributed by atoms with Crippen molar-refractivity contribution in [3.8, 4) is 11.3 Å². The number of fused-ring (bicyclic) bond motifs is 3. The molecule has 0 atom stereocenters. The molecule has 5 nitrogen and oxygen atoms in total. The zero-order valence-electron chi connectivity index (χ0n) is 16.0. The van der Waals surface area contributed by atoms with Gasteiger partial charge in [0.2, 0.25) is 0 Å². The highest BCUT2D eigenvalue weighted by molar-refractivity contribution is 6.04. The van der Waals surface area contributed by atoms with E-state index < -0.39 is 0 Å². The molecule has 1 heterocycles. The highest BCUT2D eigenvalue weighted by atomic mass is 16.1. The summed E-state index contributed by atoms with van der Waals surface area (Å²) < 4.78 is 0. The summed E-state index contributed by atoms with van der Waals surface area (Å²) in [6.07, 6.45) is 3.57. The van der Waals surface area contributed by atoms with Crippen LogP contribution in [0.2, 0.25) is 0 Å². The van der Waals surface area contributed by atoms with Gasteiger partial charge in [-0.05, 0) is 62.6 Å². The highest BCUT2D eigenvalue weighted by Gasteiger charge is 2.22. The Hall–Kier alpha value is -3.47. The Bertz CT molecular complexity index is 1080. The standard InChI is InChI=1S/C23H22N4O/c1-14(2)12-20-22(27-23(28)15-6-4-3-5-7-15)26-19-11-8-16-13-17(24)9-10-18(16)21(19)25-20/h3-7,9-10,12-13H,8,11,24H2,1-2H3,(H,26,27,28). The fourth-order valence-corrected chi connectivity index (χ4v) is 3.41. The van der Waals surface area contributed by atoms with Crippen LogP contribution in [0, 0.1) is 0 Å². The molecule has 5 heteroatoms. The van der Waals surface area contributed by atoms with Crippen LogP contribution in [-0.4, -0.2) is 15.9 Å². The first kappa shape index (κ1) is 17.9. The Morgan fingerprint density at radius 3 is 2.61 bits per heavy atom. The van der Waals surface area contributed by atoms with Crippen LogP contribution in [-0.2, 0) is 12.8 Å². The van der Waals surface area contributed by atoms with Gasteiger partial charge in [-0.2, -0.15) is 0 Å². The van der Waals surface area contributed by atoms with Crippen LogP contribution >= 0.6 is 0 Å². The molecule has 2 aromatic carbocycles. The predicted molar refractivity (Wildman–Crippen MR) is 113 cm³/mol. The van der Waals surface area contributed by atoms with Gasteiger partial charge in [-0.3, -0.25) is 4.79 Å². The van der Waals surface area contributed by atoms with E-state index in [-0.39, 0.29) is 5.91 Å². The van der Waals surface area contributed by atoms with E-state index in [4.69, 9.17) is 15.7 Å². The number of allylic oxidation sites excluding steroid dienone is 1. The summed E-state index contributed by atoms with van der Waals surface area (Å²) in [6, 6.07) is 15.0. The maximum Gasteiger partial charge on any atom is 0.256 e. The van der Waals surface area contributed by atoms with Crippen LogP contribution in [0.1, 0.15) is 41.2 Å². The van der Waals surface area contributed by atoms with Gasteiger partial charge < -0.3 is 11.1 Å². The van der Waals surface area contributed by atoms with Gasteiger partial charge >= 0.3 is 0 Å². The van der Waals surface area contributed by atoms with E-state index >= 15 is 0 Å². The minimum Gasteiger partial charge on any atom is -0.399 e. The van der Waals surface area contributed by atoms with Crippen molar-refractivity contribution in [1.82, 2.24) is 9.97 Å². The Morgan fingerprint density at radius 2 is 1.86 bits per heavy atom. The lowest BCUT2D eigenvalue weighted by atomic mass is 9.91. The topological polar surface area (TPSA) is 80.9 Å². The number of aromatic nitrogens is 2. The zero-order chi connectivity index (χ0) is 19.7. The molecule has 0 aliphatic heterocycles. The quantitative estimate of drug-likeness (QED) is 0.665. The molecule has 1 aliphatic rings. The Balaban J connectivity index is 1.79. The monoisotopic (exact) mass is 370 g/mol. The number of carbonyl (C=O) groups is 1. The molecule has 0 unspecified atom stereocenters.